The summed E-state index contributed by atoms with van der Waals surface area (Å²) in [5, 5.41) is 10.6. The molecule has 0 atom stereocenters. The lowest BCUT2D eigenvalue weighted by Crippen LogP contribution is -2.27. The molecule has 0 aliphatic heterocycles. The Hall–Kier alpha value is -1.82. The first-order chi connectivity index (χ1) is 8.60. The van der Waals surface area contributed by atoms with Crippen molar-refractivity contribution >= 4 is 29.4 Å². The van der Waals surface area contributed by atoms with E-state index in [-0.39, 0.29) is 5.69 Å². The molecule has 0 radical (unpaired) electrons. The molecule has 104 valence electrons. The molecule has 0 aliphatic carbocycles. The average molecular weight is 290 g/mol. The Labute approximate surface area is 114 Å². The van der Waals surface area contributed by atoms with Crippen LogP contribution >= 0.6 is 11.6 Å². The predicted molar refractivity (Wildman–Crippen MR) is 68.2 cm³/mol. The third-order valence-electron chi connectivity index (χ3n) is 1.90. The Morgan fingerprint density at radius 3 is 2.42 bits per heavy atom. The van der Waals surface area contributed by atoms with Crippen molar-refractivity contribution in [1.29, 1.82) is 0 Å². The van der Waals surface area contributed by atoms with Crippen molar-refractivity contribution in [3.8, 4) is 0 Å². The molecule has 0 aliphatic rings. The Balaban J connectivity index is 2.97. The van der Waals surface area contributed by atoms with Crippen LogP contribution in [0.3, 0.4) is 0 Å². The largest absolute Gasteiger partial charge is 0.478 e. The van der Waals surface area contributed by atoms with Crippen LogP contribution in [0.2, 0.25) is 5.02 Å². The maximum Gasteiger partial charge on any atom is 0.412 e. The molecule has 0 unspecified atom stereocenters. The minimum Gasteiger partial charge on any atom is -0.478 e. The molecule has 0 saturated carbocycles. The number of halogens is 2. The summed E-state index contributed by atoms with van der Waals surface area (Å²) in [4.78, 5) is 22.3. The zero-order valence-electron chi connectivity index (χ0n) is 10.6. The van der Waals surface area contributed by atoms with Gasteiger partial charge in [0.05, 0.1) is 10.6 Å². The van der Waals surface area contributed by atoms with Crippen molar-refractivity contribution in [2.75, 3.05) is 5.32 Å². The molecule has 1 amide bonds. The fraction of sp³-hybridized carbons (Fsp3) is 0.333. The Morgan fingerprint density at radius 2 is 1.95 bits per heavy atom. The van der Waals surface area contributed by atoms with Gasteiger partial charge in [-0.05, 0) is 32.9 Å². The molecule has 0 fully saturated rings. The number of carbonyl (C=O) groups is 2. The number of benzene rings is 1. The van der Waals surface area contributed by atoms with Gasteiger partial charge in [0.1, 0.15) is 11.4 Å². The normalized spacial score (nSPS) is 11.0. The van der Waals surface area contributed by atoms with E-state index in [2.05, 4.69) is 5.32 Å². The van der Waals surface area contributed by atoms with Gasteiger partial charge in [-0.2, -0.15) is 0 Å². The second-order valence-electron chi connectivity index (χ2n) is 4.75. The van der Waals surface area contributed by atoms with E-state index in [9.17, 15) is 14.0 Å². The van der Waals surface area contributed by atoms with E-state index in [4.69, 9.17) is 21.4 Å². The van der Waals surface area contributed by atoms with Gasteiger partial charge in [0.15, 0.2) is 0 Å². The van der Waals surface area contributed by atoms with Gasteiger partial charge in [0, 0.05) is 5.69 Å². The van der Waals surface area contributed by atoms with Crippen LogP contribution in [0.5, 0.6) is 0 Å². The molecule has 0 aromatic heterocycles. The Bertz CT molecular complexity index is 525. The molecule has 0 spiro atoms. The lowest BCUT2D eigenvalue weighted by Gasteiger charge is -2.19. The Morgan fingerprint density at radius 1 is 1.37 bits per heavy atom. The minimum atomic E-state index is -1.39. The summed E-state index contributed by atoms with van der Waals surface area (Å²) in [6, 6.07) is 1.97. The van der Waals surface area contributed by atoms with Crippen LogP contribution in [-0.4, -0.2) is 22.8 Å². The number of ether oxygens (including phenoxy) is 1. The number of hydrogen-bond donors (Lipinski definition) is 2. The highest BCUT2D eigenvalue weighted by Gasteiger charge is 2.19. The highest BCUT2D eigenvalue weighted by atomic mass is 35.5. The van der Waals surface area contributed by atoms with Gasteiger partial charge in [-0.1, -0.05) is 11.6 Å². The summed E-state index contributed by atoms with van der Waals surface area (Å²) in [7, 11) is 0. The zero-order chi connectivity index (χ0) is 14.8. The first kappa shape index (κ1) is 15.2. The van der Waals surface area contributed by atoms with Crippen LogP contribution < -0.4 is 5.32 Å². The number of anilines is 1. The third-order valence-corrected chi connectivity index (χ3v) is 2.29. The van der Waals surface area contributed by atoms with Crippen LogP contribution in [0.25, 0.3) is 0 Å². The molecule has 7 heteroatoms. The maximum absolute atomic E-state index is 13.4. The summed E-state index contributed by atoms with van der Waals surface area (Å²) in [5.74, 6) is -2.33. The van der Waals surface area contributed by atoms with Gasteiger partial charge in [0.2, 0.25) is 0 Å². The van der Waals surface area contributed by atoms with Gasteiger partial charge < -0.3 is 9.84 Å². The van der Waals surface area contributed by atoms with E-state index < -0.39 is 34.1 Å². The van der Waals surface area contributed by atoms with E-state index in [0.717, 1.165) is 12.1 Å². The van der Waals surface area contributed by atoms with Gasteiger partial charge >= 0.3 is 12.1 Å². The standard InChI is InChI=1S/C12H13ClFNO4/c1-12(2,3)19-11(18)15-6-4-7(10(16)17)9(13)8(14)5-6/h4-5H,1-3H3,(H,15,18)(H,16,17). The van der Waals surface area contributed by atoms with Crippen LogP contribution in [-0.2, 0) is 4.74 Å². The first-order valence-electron chi connectivity index (χ1n) is 5.32. The molecular formula is C12H13ClFNO4. The number of hydrogen-bond acceptors (Lipinski definition) is 3. The molecule has 0 bridgehead atoms. The number of carbonyl (C=O) groups excluding carboxylic acids is 1. The first-order valence-corrected chi connectivity index (χ1v) is 5.70. The van der Waals surface area contributed by atoms with Crippen molar-refractivity contribution in [2.45, 2.75) is 26.4 Å². The summed E-state index contributed by atoms with van der Waals surface area (Å²) in [5.41, 5.74) is -1.20. The smallest absolute Gasteiger partial charge is 0.412 e. The predicted octanol–water partition coefficient (Wildman–Crippen LogP) is 3.52. The number of aromatic carboxylic acids is 1. The highest BCUT2D eigenvalue weighted by molar-refractivity contribution is 6.33. The van der Waals surface area contributed by atoms with Crippen molar-refractivity contribution < 1.29 is 23.8 Å². The van der Waals surface area contributed by atoms with Crippen molar-refractivity contribution in [3.63, 3.8) is 0 Å². The van der Waals surface area contributed by atoms with Gasteiger partial charge in [-0.25, -0.2) is 14.0 Å². The molecular weight excluding hydrogens is 277 g/mol. The molecule has 1 aromatic rings. The van der Waals surface area contributed by atoms with Crippen LogP contribution in [0, 0.1) is 5.82 Å². The zero-order valence-corrected chi connectivity index (χ0v) is 11.3. The molecule has 1 aromatic carbocycles. The lowest BCUT2D eigenvalue weighted by atomic mass is 10.2. The second kappa shape index (κ2) is 5.44. The summed E-state index contributed by atoms with van der Waals surface area (Å²) < 4.78 is 18.4. The summed E-state index contributed by atoms with van der Waals surface area (Å²) >= 11 is 5.50. The fourth-order valence-electron chi connectivity index (χ4n) is 1.24. The van der Waals surface area contributed by atoms with Crippen LogP contribution in [0.15, 0.2) is 12.1 Å². The van der Waals surface area contributed by atoms with Crippen molar-refractivity contribution in [2.24, 2.45) is 0 Å². The third kappa shape index (κ3) is 4.40. The number of rotatable bonds is 2. The minimum absolute atomic E-state index is 0.0476. The highest BCUT2D eigenvalue weighted by Crippen LogP contribution is 2.25. The van der Waals surface area contributed by atoms with E-state index >= 15 is 0 Å². The summed E-state index contributed by atoms with van der Waals surface area (Å²) in [6.07, 6.45) is -0.814. The fourth-order valence-corrected chi connectivity index (χ4v) is 1.43. The molecule has 5 nitrogen and oxygen atoms in total. The molecule has 1 rings (SSSR count). The quantitative estimate of drug-likeness (QED) is 0.873. The average Bonchev–Trinajstić information content (AvgIpc) is 2.19. The molecule has 19 heavy (non-hydrogen) atoms. The van der Waals surface area contributed by atoms with Crippen LogP contribution in [0.1, 0.15) is 31.1 Å². The van der Waals surface area contributed by atoms with Gasteiger partial charge in [-0.15, -0.1) is 0 Å². The molecule has 0 saturated heterocycles. The van der Waals surface area contributed by atoms with Gasteiger partial charge in [0.25, 0.3) is 0 Å². The summed E-state index contributed by atoms with van der Waals surface area (Å²) in [6.45, 7) is 4.99. The molecule has 0 heterocycles. The van der Waals surface area contributed by atoms with Crippen molar-refractivity contribution in [1.82, 2.24) is 0 Å². The monoisotopic (exact) mass is 289 g/mol. The molecule has 2 N–H and O–H groups in total. The Kier molecular flexibility index (Phi) is 4.36. The number of carboxylic acid groups (broad SMARTS) is 1. The van der Waals surface area contributed by atoms with E-state index in [1.54, 1.807) is 20.8 Å². The van der Waals surface area contributed by atoms with Crippen LogP contribution in [0.4, 0.5) is 14.9 Å². The lowest BCUT2D eigenvalue weighted by molar-refractivity contribution is 0.0632. The van der Waals surface area contributed by atoms with E-state index in [1.165, 1.54) is 0 Å². The number of nitrogens with one attached hydrogen (secondary N) is 1. The number of amides is 1. The topological polar surface area (TPSA) is 75.6 Å². The van der Waals surface area contributed by atoms with E-state index in [0.29, 0.717) is 0 Å². The van der Waals surface area contributed by atoms with Gasteiger partial charge in [-0.3, -0.25) is 5.32 Å². The SMILES string of the molecule is CC(C)(C)OC(=O)Nc1cc(F)c(Cl)c(C(=O)O)c1. The van der Waals surface area contributed by atoms with E-state index in [1.807, 2.05) is 0 Å². The van der Waals surface area contributed by atoms with Crippen molar-refractivity contribution in [3.05, 3.63) is 28.5 Å². The second-order valence-corrected chi connectivity index (χ2v) is 5.13. The number of carboxylic acids is 1. The maximum atomic E-state index is 13.4.